The lowest BCUT2D eigenvalue weighted by Gasteiger charge is -2.32. The molecule has 0 radical (unpaired) electrons. The summed E-state index contributed by atoms with van der Waals surface area (Å²) in [7, 11) is -3.38. The molecule has 21 heavy (non-hydrogen) atoms. The molecule has 0 saturated carbocycles. The summed E-state index contributed by atoms with van der Waals surface area (Å²) in [6.07, 6.45) is 2.99. The van der Waals surface area contributed by atoms with E-state index in [1.165, 1.54) is 0 Å². The average molecular weight is 321 g/mol. The second-order valence-electron chi connectivity index (χ2n) is 5.73. The van der Waals surface area contributed by atoms with Gasteiger partial charge in [-0.05, 0) is 52.1 Å². The smallest absolute Gasteiger partial charge is 0.279 e. The van der Waals surface area contributed by atoms with Crippen molar-refractivity contribution in [2.24, 2.45) is 5.92 Å². The molecule has 6 nitrogen and oxygen atoms in total. The zero-order valence-electron chi connectivity index (χ0n) is 13.6. The Morgan fingerprint density at radius 1 is 1.29 bits per heavy atom. The van der Waals surface area contributed by atoms with Gasteiger partial charge in [0.05, 0.1) is 6.61 Å². The Balaban J connectivity index is 2.34. The van der Waals surface area contributed by atoms with E-state index in [1.807, 2.05) is 13.8 Å². The molecule has 0 aromatic heterocycles. The van der Waals surface area contributed by atoms with Crippen LogP contribution >= 0.6 is 0 Å². The minimum absolute atomic E-state index is 0.195. The maximum atomic E-state index is 12.3. The molecule has 126 valence electrons. The topological polar surface area (TPSA) is 70.7 Å². The fourth-order valence-corrected chi connectivity index (χ4v) is 3.91. The van der Waals surface area contributed by atoms with Gasteiger partial charge in [0.25, 0.3) is 10.2 Å². The van der Waals surface area contributed by atoms with E-state index in [1.54, 1.807) is 4.31 Å². The van der Waals surface area contributed by atoms with Gasteiger partial charge in [0.15, 0.2) is 0 Å². The zero-order chi connectivity index (χ0) is 15.7. The highest BCUT2D eigenvalue weighted by atomic mass is 32.2. The van der Waals surface area contributed by atoms with Crippen LogP contribution in [0.1, 0.15) is 40.0 Å². The molecule has 1 saturated heterocycles. The number of nitrogens with one attached hydrogen (secondary N) is 2. The highest BCUT2D eigenvalue weighted by Crippen LogP contribution is 2.18. The fourth-order valence-electron chi connectivity index (χ4n) is 2.49. The second kappa shape index (κ2) is 9.74. The number of ether oxygens (including phenoxy) is 1. The van der Waals surface area contributed by atoms with E-state index in [9.17, 15) is 8.42 Å². The number of hydrogen-bond donors (Lipinski definition) is 2. The summed E-state index contributed by atoms with van der Waals surface area (Å²) in [6.45, 7) is 10.1. The molecule has 1 heterocycles. The molecule has 0 aromatic carbocycles. The summed E-state index contributed by atoms with van der Waals surface area (Å²) in [6, 6.07) is -0.195. The third-order valence-corrected chi connectivity index (χ3v) is 5.44. The Labute approximate surface area is 129 Å². The van der Waals surface area contributed by atoms with E-state index in [-0.39, 0.29) is 6.04 Å². The van der Waals surface area contributed by atoms with Crippen molar-refractivity contribution >= 4 is 10.2 Å². The highest BCUT2D eigenvalue weighted by molar-refractivity contribution is 7.87. The van der Waals surface area contributed by atoms with Crippen LogP contribution in [-0.2, 0) is 14.9 Å². The summed E-state index contributed by atoms with van der Waals surface area (Å²) >= 11 is 0. The molecule has 1 aliphatic rings. The number of rotatable bonds is 10. The van der Waals surface area contributed by atoms with Crippen molar-refractivity contribution in [3.05, 3.63) is 0 Å². The van der Waals surface area contributed by atoms with Gasteiger partial charge in [-0.15, -0.1) is 0 Å². The molecule has 0 aromatic rings. The zero-order valence-corrected chi connectivity index (χ0v) is 14.4. The highest BCUT2D eigenvalue weighted by Gasteiger charge is 2.28. The second-order valence-corrected chi connectivity index (χ2v) is 7.43. The third kappa shape index (κ3) is 7.06. The SMILES string of the molecule is CCCNCC1CCN(S(=O)(=O)NC(C)COCC)CC1. The van der Waals surface area contributed by atoms with E-state index in [0.29, 0.717) is 32.2 Å². The molecule has 0 bridgehead atoms. The normalized spacial score (nSPS) is 19.8. The van der Waals surface area contributed by atoms with Crippen LogP contribution in [0.3, 0.4) is 0 Å². The van der Waals surface area contributed by atoms with E-state index < -0.39 is 10.2 Å². The van der Waals surface area contributed by atoms with Gasteiger partial charge in [0.1, 0.15) is 0 Å². The first-order valence-electron chi connectivity index (χ1n) is 8.05. The summed E-state index contributed by atoms with van der Waals surface area (Å²) in [5, 5.41) is 3.41. The summed E-state index contributed by atoms with van der Waals surface area (Å²) in [5.74, 6) is 0.587. The van der Waals surface area contributed by atoms with Crippen LogP contribution < -0.4 is 10.0 Å². The van der Waals surface area contributed by atoms with Crippen molar-refractivity contribution in [1.29, 1.82) is 0 Å². The van der Waals surface area contributed by atoms with Crippen LogP contribution in [0, 0.1) is 5.92 Å². The molecule has 0 aliphatic carbocycles. The van der Waals surface area contributed by atoms with Crippen molar-refractivity contribution in [3.8, 4) is 0 Å². The van der Waals surface area contributed by atoms with Gasteiger partial charge in [0.2, 0.25) is 0 Å². The van der Waals surface area contributed by atoms with Crippen LogP contribution in [0.5, 0.6) is 0 Å². The summed E-state index contributed by atoms with van der Waals surface area (Å²) in [5.41, 5.74) is 0. The van der Waals surface area contributed by atoms with Crippen LogP contribution in [0.4, 0.5) is 0 Å². The Morgan fingerprint density at radius 3 is 2.52 bits per heavy atom. The molecular weight excluding hydrogens is 290 g/mol. The molecule has 7 heteroatoms. The number of piperidine rings is 1. The minimum Gasteiger partial charge on any atom is -0.380 e. The molecule has 1 unspecified atom stereocenters. The van der Waals surface area contributed by atoms with Crippen molar-refractivity contribution in [3.63, 3.8) is 0 Å². The van der Waals surface area contributed by atoms with Crippen LogP contribution in [0.25, 0.3) is 0 Å². The Bertz CT molecular complexity index is 368. The summed E-state index contributed by atoms with van der Waals surface area (Å²) < 4.78 is 34.0. The molecule has 0 spiro atoms. The molecular formula is C14H31N3O3S. The predicted octanol–water partition coefficient (Wildman–Crippen LogP) is 0.957. The quantitative estimate of drug-likeness (QED) is 0.588. The van der Waals surface area contributed by atoms with Gasteiger partial charge < -0.3 is 10.1 Å². The predicted molar refractivity (Wildman–Crippen MR) is 85.5 cm³/mol. The van der Waals surface area contributed by atoms with Gasteiger partial charge in [-0.25, -0.2) is 0 Å². The first kappa shape index (κ1) is 18.8. The third-order valence-electron chi connectivity index (χ3n) is 3.70. The van der Waals surface area contributed by atoms with E-state index >= 15 is 0 Å². The van der Waals surface area contributed by atoms with Crippen LogP contribution in [-0.4, -0.2) is 58.2 Å². The number of hydrogen-bond acceptors (Lipinski definition) is 4. The van der Waals surface area contributed by atoms with E-state index in [2.05, 4.69) is 17.0 Å². The van der Waals surface area contributed by atoms with Crippen molar-refractivity contribution in [1.82, 2.24) is 14.3 Å². The van der Waals surface area contributed by atoms with Gasteiger partial charge in [0, 0.05) is 25.7 Å². The Hall–Kier alpha value is -0.210. The lowest BCUT2D eigenvalue weighted by Crippen LogP contribution is -2.49. The van der Waals surface area contributed by atoms with E-state index in [4.69, 9.17) is 4.74 Å². The molecule has 1 aliphatic heterocycles. The van der Waals surface area contributed by atoms with Crippen molar-refractivity contribution < 1.29 is 13.2 Å². The first-order chi connectivity index (χ1) is 9.99. The van der Waals surface area contributed by atoms with Gasteiger partial charge in [-0.3, -0.25) is 0 Å². The Kier molecular flexibility index (Phi) is 8.73. The largest absolute Gasteiger partial charge is 0.380 e. The van der Waals surface area contributed by atoms with Gasteiger partial charge in [-0.1, -0.05) is 6.92 Å². The van der Waals surface area contributed by atoms with Crippen molar-refractivity contribution in [2.75, 3.05) is 39.4 Å². The average Bonchev–Trinajstić information content (AvgIpc) is 2.45. The van der Waals surface area contributed by atoms with Gasteiger partial charge >= 0.3 is 0 Å². The van der Waals surface area contributed by atoms with Gasteiger partial charge in [-0.2, -0.15) is 17.4 Å². The fraction of sp³-hybridized carbons (Fsp3) is 1.00. The maximum absolute atomic E-state index is 12.3. The maximum Gasteiger partial charge on any atom is 0.279 e. The summed E-state index contributed by atoms with van der Waals surface area (Å²) in [4.78, 5) is 0. The van der Waals surface area contributed by atoms with Crippen molar-refractivity contribution in [2.45, 2.75) is 46.1 Å². The lowest BCUT2D eigenvalue weighted by molar-refractivity contribution is 0.132. The molecule has 2 N–H and O–H groups in total. The first-order valence-corrected chi connectivity index (χ1v) is 9.49. The molecule has 1 fully saturated rings. The molecule has 1 atom stereocenters. The molecule has 0 amide bonds. The standard InChI is InChI=1S/C14H31N3O3S/c1-4-8-15-11-14-6-9-17(10-7-14)21(18,19)16-13(3)12-20-5-2/h13-16H,4-12H2,1-3H3. The minimum atomic E-state index is -3.38. The lowest BCUT2D eigenvalue weighted by atomic mass is 9.98. The van der Waals surface area contributed by atoms with Crippen LogP contribution in [0.2, 0.25) is 0 Å². The monoisotopic (exact) mass is 321 g/mol. The molecule has 1 rings (SSSR count). The Morgan fingerprint density at radius 2 is 1.95 bits per heavy atom. The van der Waals surface area contributed by atoms with Crippen LogP contribution in [0.15, 0.2) is 0 Å². The number of nitrogens with zero attached hydrogens (tertiary/aromatic N) is 1. The van der Waals surface area contributed by atoms with E-state index in [0.717, 1.165) is 32.4 Å².